The van der Waals surface area contributed by atoms with Crippen LogP contribution < -0.4 is 4.90 Å². The molecule has 148 valence electrons. The van der Waals surface area contributed by atoms with Crippen LogP contribution in [0.25, 0.3) is 11.3 Å². The number of nitrogens with zero attached hydrogens (tertiary/aromatic N) is 3. The molecule has 1 aliphatic heterocycles. The first kappa shape index (κ1) is 19.6. The average Bonchev–Trinajstić information content (AvgIpc) is 3.18. The van der Waals surface area contributed by atoms with E-state index < -0.39 is 16.8 Å². The summed E-state index contributed by atoms with van der Waals surface area (Å²) in [5, 5.41) is 24.2. The van der Waals surface area contributed by atoms with E-state index in [1.165, 1.54) is 17.4 Å². The highest BCUT2D eigenvalue weighted by Crippen LogP contribution is 2.42. The molecule has 2 aromatic carbocycles. The first-order chi connectivity index (χ1) is 13.8. The van der Waals surface area contributed by atoms with Crippen LogP contribution >= 0.6 is 34.5 Å². The number of aromatic nitrogens is 1. The van der Waals surface area contributed by atoms with Crippen LogP contribution in [0.2, 0.25) is 10.0 Å². The van der Waals surface area contributed by atoms with Gasteiger partial charge in [-0.3, -0.25) is 14.9 Å². The van der Waals surface area contributed by atoms with Crippen molar-refractivity contribution >= 4 is 57.0 Å². The lowest BCUT2D eigenvalue weighted by atomic mass is 9.91. The SMILES string of the molecule is O=C(O)C1Cc2c(cccc2[N+](=O)[O-])N(c2nc(-c3ccc(Cl)c(Cl)c3)cs2)C1. The summed E-state index contributed by atoms with van der Waals surface area (Å²) >= 11 is 13.4. The number of carboxylic acid groups (broad SMARTS) is 1. The van der Waals surface area contributed by atoms with Gasteiger partial charge >= 0.3 is 5.97 Å². The zero-order chi connectivity index (χ0) is 20.7. The topological polar surface area (TPSA) is 96.6 Å². The first-order valence-electron chi connectivity index (χ1n) is 8.52. The van der Waals surface area contributed by atoms with Crippen LogP contribution in [0.3, 0.4) is 0 Å². The van der Waals surface area contributed by atoms with E-state index in [1.54, 1.807) is 35.2 Å². The van der Waals surface area contributed by atoms with Crippen molar-refractivity contribution in [3.63, 3.8) is 0 Å². The van der Waals surface area contributed by atoms with E-state index in [-0.39, 0.29) is 18.7 Å². The average molecular weight is 450 g/mol. The molecule has 0 bridgehead atoms. The van der Waals surface area contributed by atoms with Gasteiger partial charge in [-0.15, -0.1) is 11.3 Å². The fourth-order valence-corrected chi connectivity index (χ4v) is 4.50. The number of anilines is 2. The van der Waals surface area contributed by atoms with Gasteiger partial charge in [-0.25, -0.2) is 4.98 Å². The number of thiazole rings is 1. The zero-order valence-corrected chi connectivity index (χ0v) is 17.0. The number of aliphatic carboxylic acids is 1. The molecule has 2 heterocycles. The minimum absolute atomic E-state index is 0.0836. The monoisotopic (exact) mass is 449 g/mol. The summed E-state index contributed by atoms with van der Waals surface area (Å²) in [5.41, 5.74) is 2.36. The maximum absolute atomic E-state index is 11.7. The Kier molecular flexibility index (Phi) is 5.16. The fraction of sp³-hybridized carbons (Fsp3) is 0.158. The van der Waals surface area contributed by atoms with Crippen LogP contribution in [0.1, 0.15) is 5.56 Å². The highest BCUT2D eigenvalue weighted by Gasteiger charge is 2.35. The number of halogens is 2. The highest BCUT2D eigenvalue weighted by atomic mass is 35.5. The maximum atomic E-state index is 11.7. The van der Waals surface area contributed by atoms with Crippen molar-refractivity contribution in [3.05, 3.63) is 67.5 Å². The Morgan fingerprint density at radius 1 is 1.28 bits per heavy atom. The molecule has 1 aromatic heterocycles. The predicted octanol–water partition coefficient (Wildman–Crippen LogP) is 5.42. The number of hydrogen-bond acceptors (Lipinski definition) is 6. The van der Waals surface area contributed by atoms with Gasteiger partial charge in [0.25, 0.3) is 5.69 Å². The predicted molar refractivity (Wildman–Crippen MR) is 113 cm³/mol. The third-order valence-corrected chi connectivity index (χ3v) is 6.36. The molecule has 10 heteroatoms. The second-order valence-corrected chi connectivity index (χ2v) is 8.18. The number of benzene rings is 2. The van der Waals surface area contributed by atoms with Gasteiger partial charge in [-0.1, -0.05) is 35.3 Å². The quantitative estimate of drug-likeness (QED) is 0.421. The Labute approximate surface area is 179 Å². The normalized spacial score (nSPS) is 15.8. The Balaban J connectivity index is 1.78. The number of carbonyl (C=O) groups is 1. The van der Waals surface area contributed by atoms with Gasteiger partial charge in [0.2, 0.25) is 0 Å². The molecule has 1 unspecified atom stereocenters. The molecular formula is C19H13Cl2N3O4S. The third kappa shape index (κ3) is 3.66. The molecule has 1 atom stereocenters. The van der Waals surface area contributed by atoms with E-state index in [0.717, 1.165) is 5.56 Å². The molecule has 29 heavy (non-hydrogen) atoms. The molecule has 0 radical (unpaired) electrons. The molecule has 0 spiro atoms. The highest BCUT2D eigenvalue weighted by molar-refractivity contribution is 7.14. The van der Waals surface area contributed by atoms with E-state index in [2.05, 4.69) is 4.98 Å². The lowest BCUT2D eigenvalue weighted by Crippen LogP contribution is -2.36. The summed E-state index contributed by atoms with van der Waals surface area (Å²) in [6.45, 7) is 0.178. The molecule has 0 saturated heterocycles. The van der Waals surface area contributed by atoms with Gasteiger partial charge in [0, 0.05) is 23.6 Å². The summed E-state index contributed by atoms with van der Waals surface area (Å²) in [4.78, 5) is 29.0. The maximum Gasteiger partial charge on any atom is 0.308 e. The molecule has 0 aliphatic carbocycles. The lowest BCUT2D eigenvalue weighted by molar-refractivity contribution is -0.385. The molecule has 4 rings (SSSR count). The van der Waals surface area contributed by atoms with Crippen molar-refractivity contribution in [2.45, 2.75) is 6.42 Å². The molecule has 1 aliphatic rings. The fourth-order valence-electron chi connectivity index (χ4n) is 3.35. The van der Waals surface area contributed by atoms with E-state index in [0.29, 0.717) is 32.1 Å². The second-order valence-electron chi connectivity index (χ2n) is 6.53. The van der Waals surface area contributed by atoms with Gasteiger partial charge in [0.1, 0.15) is 0 Å². The number of nitro groups is 1. The summed E-state index contributed by atoms with van der Waals surface area (Å²) in [7, 11) is 0. The molecule has 0 fully saturated rings. The molecule has 7 nitrogen and oxygen atoms in total. The smallest absolute Gasteiger partial charge is 0.308 e. The number of rotatable bonds is 4. The van der Waals surface area contributed by atoms with Gasteiger partial charge in [0.15, 0.2) is 5.13 Å². The zero-order valence-electron chi connectivity index (χ0n) is 14.7. The van der Waals surface area contributed by atoms with E-state index in [9.17, 15) is 20.0 Å². The van der Waals surface area contributed by atoms with Crippen molar-refractivity contribution < 1.29 is 14.8 Å². The lowest BCUT2D eigenvalue weighted by Gasteiger charge is -2.32. The Bertz CT molecular complexity index is 1130. The molecule has 3 aromatic rings. The van der Waals surface area contributed by atoms with Gasteiger partial charge in [-0.05, 0) is 24.6 Å². The van der Waals surface area contributed by atoms with E-state index in [4.69, 9.17) is 23.2 Å². The van der Waals surface area contributed by atoms with E-state index >= 15 is 0 Å². The van der Waals surface area contributed by atoms with Crippen molar-refractivity contribution in [1.82, 2.24) is 4.98 Å². The van der Waals surface area contributed by atoms with E-state index in [1.807, 2.05) is 5.38 Å². The van der Waals surface area contributed by atoms with Crippen LogP contribution in [-0.4, -0.2) is 27.5 Å². The van der Waals surface area contributed by atoms with Crippen LogP contribution in [0.15, 0.2) is 41.8 Å². The van der Waals surface area contributed by atoms with Crippen LogP contribution in [0.4, 0.5) is 16.5 Å². The second kappa shape index (κ2) is 7.62. The molecule has 0 saturated carbocycles. The van der Waals surface area contributed by atoms with Crippen molar-refractivity contribution in [2.24, 2.45) is 5.92 Å². The number of nitro benzene ring substituents is 1. The molecular weight excluding hydrogens is 437 g/mol. The minimum atomic E-state index is -1.000. The van der Waals surface area contributed by atoms with Crippen LogP contribution in [0.5, 0.6) is 0 Å². The number of hydrogen-bond donors (Lipinski definition) is 1. The number of carboxylic acids is 1. The molecule has 0 amide bonds. The van der Waals surface area contributed by atoms with Crippen LogP contribution in [-0.2, 0) is 11.2 Å². The minimum Gasteiger partial charge on any atom is -0.481 e. The largest absolute Gasteiger partial charge is 0.481 e. The Morgan fingerprint density at radius 2 is 2.07 bits per heavy atom. The standard InChI is InChI=1S/C19H13Cl2N3O4S/c20-13-5-4-10(7-14(13)21)15-9-29-19(22-15)23-8-11(18(25)26)6-12-16(23)2-1-3-17(12)24(27)28/h1-5,7,9,11H,6,8H2,(H,25,26). The van der Waals surface area contributed by atoms with Crippen molar-refractivity contribution in [2.75, 3.05) is 11.4 Å². The summed E-state index contributed by atoms with van der Waals surface area (Å²) in [6, 6.07) is 9.92. The summed E-state index contributed by atoms with van der Waals surface area (Å²) in [6.07, 6.45) is 0.101. The first-order valence-corrected chi connectivity index (χ1v) is 10.2. The van der Waals surface area contributed by atoms with Crippen molar-refractivity contribution in [1.29, 1.82) is 0 Å². The Hall–Kier alpha value is -2.68. The Morgan fingerprint density at radius 3 is 2.76 bits per heavy atom. The summed E-state index contributed by atoms with van der Waals surface area (Å²) < 4.78 is 0. The number of fused-ring (bicyclic) bond motifs is 1. The van der Waals surface area contributed by atoms with Gasteiger partial charge in [0.05, 0.1) is 37.8 Å². The van der Waals surface area contributed by atoms with Crippen molar-refractivity contribution in [3.8, 4) is 11.3 Å². The third-order valence-electron chi connectivity index (χ3n) is 4.76. The van der Waals surface area contributed by atoms with Crippen LogP contribution in [0, 0.1) is 16.0 Å². The molecule has 1 N–H and O–H groups in total. The van der Waals surface area contributed by atoms with Gasteiger partial charge in [-0.2, -0.15) is 0 Å². The summed E-state index contributed by atoms with van der Waals surface area (Å²) in [5.74, 6) is -1.78. The van der Waals surface area contributed by atoms with Gasteiger partial charge < -0.3 is 10.0 Å².